The fourth-order valence-electron chi connectivity index (χ4n) is 3.27. The SMILES string of the molecule is CCOC(=O)C[C@@H]1C(C(=O)OCC)=C(N)Oc2ccc(-c3ccccc3)cc21. The fourth-order valence-corrected chi connectivity index (χ4v) is 3.27. The molecule has 0 saturated heterocycles. The number of rotatable bonds is 6. The number of esters is 2. The number of ether oxygens (including phenoxy) is 3. The molecule has 0 bridgehead atoms. The highest BCUT2D eigenvalue weighted by Gasteiger charge is 2.36. The molecule has 146 valence electrons. The van der Waals surface area contributed by atoms with Gasteiger partial charge < -0.3 is 19.9 Å². The Morgan fingerprint density at radius 1 is 1.00 bits per heavy atom. The summed E-state index contributed by atoms with van der Waals surface area (Å²) in [7, 11) is 0. The van der Waals surface area contributed by atoms with Crippen molar-refractivity contribution in [1.82, 2.24) is 0 Å². The molecule has 0 aromatic heterocycles. The van der Waals surface area contributed by atoms with Crippen LogP contribution in [0.15, 0.2) is 60.0 Å². The van der Waals surface area contributed by atoms with E-state index in [0.29, 0.717) is 11.3 Å². The van der Waals surface area contributed by atoms with Gasteiger partial charge in [-0.05, 0) is 37.1 Å². The Labute approximate surface area is 163 Å². The zero-order chi connectivity index (χ0) is 20.1. The third-order valence-corrected chi connectivity index (χ3v) is 4.50. The first-order valence-electron chi connectivity index (χ1n) is 9.24. The van der Waals surface area contributed by atoms with Gasteiger partial charge in [0.05, 0.1) is 19.6 Å². The van der Waals surface area contributed by atoms with Gasteiger partial charge in [-0.2, -0.15) is 0 Å². The van der Waals surface area contributed by atoms with Crippen molar-refractivity contribution < 1.29 is 23.8 Å². The minimum absolute atomic E-state index is 0.0305. The van der Waals surface area contributed by atoms with Gasteiger partial charge in [0.1, 0.15) is 11.3 Å². The predicted molar refractivity (Wildman–Crippen MR) is 104 cm³/mol. The third kappa shape index (κ3) is 4.01. The van der Waals surface area contributed by atoms with Gasteiger partial charge in [-0.15, -0.1) is 0 Å². The molecule has 2 aromatic rings. The lowest BCUT2D eigenvalue weighted by Crippen LogP contribution is -2.28. The van der Waals surface area contributed by atoms with Crippen molar-refractivity contribution in [3.63, 3.8) is 0 Å². The second kappa shape index (κ2) is 8.61. The van der Waals surface area contributed by atoms with Crippen LogP contribution in [0.2, 0.25) is 0 Å². The predicted octanol–water partition coefficient (Wildman–Crippen LogP) is 3.52. The van der Waals surface area contributed by atoms with Gasteiger partial charge in [-0.25, -0.2) is 4.79 Å². The Bertz CT molecular complexity index is 904. The first-order chi connectivity index (χ1) is 13.5. The van der Waals surface area contributed by atoms with E-state index in [4.69, 9.17) is 19.9 Å². The van der Waals surface area contributed by atoms with Gasteiger partial charge in [0.2, 0.25) is 5.88 Å². The van der Waals surface area contributed by atoms with E-state index in [0.717, 1.165) is 11.1 Å². The van der Waals surface area contributed by atoms with Gasteiger partial charge in [-0.3, -0.25) is 4.79 Å². The number of hydrogen-bond acceptors (Lipinski definition) is 6. The molecule has 1 aliphatic rings. The van der Waals surface area contributed by atoms with Crippen LogP contribution in [0.25, 0.3) is 11.1 Å². The monoisotopic (exact) mass is 381 g/mol. The molecule has 0 spiro atoms. The Morgan fingerprint density at radius 2 is 1.71 bits per heavy atom. The highest BCUT2D eigenvalue weighted by molar-refractivity contribution is 5.93. The van der Waals surface area contributed by atoms with Crippen LogP contribution < -0.4 is 10.5 Å². The molecule has 2 aromatic carbocycles. The van der Waals surface area contributed by atoms with Crippen LogP contribution in [-0.2, 0) is 19.1 Å². The van der Waals surface area contributed by atoms with Crippen LogP contribution in [0.1, 0.15) is 31.7 Å². The lowest BCUT2D eigenvalue weighted by molar-refractivity contribution is -0.143. The normalized spacial score (nSPS) is 15.4. The molecule has 1 aliphatic heterocycles. The van der Waals surface area contributed by atoms with Crippen molar-refractivity contribution in [2.75, 3.05) is 13.2 Å². The molecule has 0 saturated carbocycles. The van der Waals surface area contributed by atoms with Crippen LogP contribution in [0.4, 0.5) is 0 Å². The number of benzene rings is 2. The number of hydrogen-bond donors (Lipinski definition) is 1. The summed E-state index contributed by atoms with van der Waals surface area (Å²) in [5, 5.41) is 0. The van der Waals surface area contributed by atoms with E-state index in [-0.39, 0.29) is 31.1 Å². The van der Waals surface area contributed by atoms with E-state index in [1.54, 1.807) is 19.9 Å². The maximum absolute atomic E-state index is 12.5. The summed E-state index contributed by atoms with van der Waals surface area (Å²) < 4.78 is 15.9. The van der Waals surface area contributed by atoms with Crippen LogP contribution in [0, 0.1) is 0 Å². The number of nitrogens with two attached hydrogens (primary N) is 1. The van der Waals surface area contributed by atoms with Crippen molar-refractivity contribution in [3.05, 3.63) is 65.6 Å². The topological polar surface area (TPSA) is 87.9 Å². The molecule has 3 rings (SSSR count). The summed E-state index contributed by atoms with van der Waals surface area (Å²) in [4.78, 5) is 24.8. The van der Waals surface area contributed by atoms with E-state index in [1.165, 1.54) is 0 Å². The maximum atomic E-state index is 12.5. The molecule has 2 N–H and O–H groups in total. The molecule has 0 aliphatic carbocycles. The first kappa shape index (κ1) is 19.5. The molecule has 0 fully saturated rings. The zero-order valence-corrected chi connectivity index (χ0v) is 15.9. The average Bonchev–Trinajstić information content (AvgIpc) is 2.68. The summed E-state index contributed by atoms with van der Waals surface area (Å²) in [6.45, 7) is 3.89. The van der Waals surface area contributed by atoms with E-state index >= 15 is 0 Å². The van der Waals surface area contributed by atoms with Crippen LogP contribution in [0.5, 0.6) is 5.75 Å². The van der Waals surface area contributed by atoms with Gasteiger partial charge in [0.25, 0.3) is 0 Å². The van der Waals surface area contributed by atoms with Crippen LogP contribution in [0.3, 0.4) is 0 Å². The summed E-state index contributed by atoms with van der Waals surface area (Å²) >= 11 is 0. The zero-order valence-electron chi connectivity index (χ0n) is 15.9. The molecular weight excluding hydrogens is 358 g/mol. The minimum atomic E-state index is -0.606. The number of carbonyl (C=O) groups is 2. The van der Waals surface area contributed by atoms with Crippen molar-refractivity contribution in [2.45, 2.75) is 26.2 Å². The number of carbonyl (C=O) groups excluding carboxylic acids is 2. The molecule has 6 nitrogen and oxygen atoms in total. The summed E-state index contributed by atoms with van der Waals surface area (Å²) in [5.74, 6) is -1.15. The smallest absolute Gasteiger partial charge is 0.340 e. The molecule has 0 unspecified atom stereocenters. The van der Waals surface area contributed by atoms with E-state index < -0.39 is 17.9 Å². The Morgan fingerprint density at radius 3 is 2.39 bits per heavy atom. The summed E-state index contributed by atoms with van der Waals surface area (Å²) in [5.41, 5.74) is 8.82. The summed E-state index contributed by atoms with van der Waals surface area (Å²) in [6, 6.07) is 15.4. The number of fused-ring (bicyclic) bond motifs is 1. The molecule has 6 heteroatoms. The lowest BCUT2D eigenvalue weighted by atomic mass is 9.84. The molecule has 1 atom stereocenters. The molecule has 0 amide bonds. The molecule has 28 heavy (non-hydrogen) atoms. The van der Waals surface area contributed by atoms with E-state index in [2.05, 4.69) is 0 Å². The fraction of sp³-hybridized carbons (Fsp3) is 0.273. The van der Waals surface area contributed by atoms with Crippen LogP contribution >= 0.6 is 0 Å². The second-order valence-electron chi connectivity index (χ2n) is 6.28. The van der Waals surface area contributed by atoms with Crippen molar-refractivity contribution in [3.8, 4) is 16.9 Å². The van der Waals surface area contributed by atoms with Gasteiger partial charge in [0.15, 0.2) is 0 Å². The van der Waals surface area contributed by atoms with E-state index in [9.17, 15) is 9.59 Å². The Kier molecular flexibility index (Phi) is 5.99. The average molecular weight is 381 g/mol. The lowest BCUT2D eigenvalue weighted by Gasteiger charge is -2.28. The summed E-state index contributed by atoms with van der Waals surface area (Å²) in [6.07, 6.45) is -0.0305. The van der Waals surface area contributed by atoms with Crippen molar-refractivity contribution in [1.29, 1.82) is 0 Å². The molecular formula is C22H23NO5. The Balaban J connectivity index is 2.07. The molecule has 1 heterocycles. The maximum Gasteiger partial charge on any atom is 0.340 e. The minimum Gasteiger partial charge on any atom is -0.466 e. The largest absolute Gasteiger partial charge is 0.466 e. The Hall–Kier alpha value is -3.28. The quantitative estimate of drug-likeness (QED) is 0.771. The van der Waals surface area contributed by atoms with Crippen LogP contribution in [-0.4, -0.2) is 25.2 Å². The molecule has 0 radical (unpaired) electrons. The standard InChI is InChI=1S/C22H23NO5/c1-3-26-19(24)13-17-16-12-15(14-8-6-5-7-9-14)10-11-18(16)28-21(23)20(17)22(25)27-4-2/h5-12,17H,3-4,13,23H2,1-2H3/t17-/m0/s1. The third-order valence-electron chi connectivity index (χ3n) is 4.50. The van der Waals surface area contributed by atoms with Crippen molar-refractivity contribution in [2.24, 2.45) is 5.73 Å². The highest BCUT2D eigenvalue weighted by atomic mass is 16.5. The highest BCUT2D eigenvalue weighted by Crippen LogP contribution is 2.42. The van der Waals surface area contributed by atoms with Gasteiger partial charge >= 0.3 is 11.9 Å². The van der Waals surface area contributed by atoms with Crippen molar-refractivity contribution >= 4 is 11.9 Å². The second-order valence-corrected chi connectivity index (χ2v) is 6.28. The van der Waals surface area contributed by atoms with E-state index in [1.807, 2.05) is 42.5 Å². The first-order valence-corrected chi connectivity index (χ1v) is 9.24. The van der Waals surface area contributed by atoms with Gasteiger partial charge in [-0.1, -0.05) is 36.4 Å². The van der Waals surface area contributed by atoms with Gasteiger partial charge in [0, 0.05) is 11.5 Å².